The van der Waals surface area contributed by atoms with Crippen molar-refractivity contribution >= 4 is 16.8 Å². The van der Waals surface area contributed by atoms with Crippen molar-refractivity contribution in [2.45, 2.75) is 53.0 Å². The van der Waals surface area contributed by atoms with Crippen molar-refractivity contribution in [2.75, 3.05) is 27.3 Å². The Labute approximate surface area is 172 Å². The molecule has 0 saturated heterocycles. The quantitative estimate of drug-likeness (QED) is 0.574. The molecule has 0 aliphatic heterocycles. The first-order valence-corrected chi connectivity index (χ1v) is 10.4. The number of hydrogen-bond donors (Lipinski definition) is 0. The zero-order valence-electron chi connectivity index (χ0n) is 18.2. The molecular weight excluding hydrogens is 370 g/mol. The number of rotatable bonds is 11. The lowest BCUT2D eigenvalue weighted by molar-refractivity contribution is -0.131. The zero-order chi connectivity index (χ0) is 21.4. The summed E-state index contributed by atoms with van der Waals surface area (Å²) in [6.45, 7) is 8.31. The van der Waals surface area contributed by atoms with Gasteiger partial charge in [-0.3, -0.25) is 14.2 Å². The normalized spacial score (nSPS) is 11.1. The van der Waals surface area contributed by atoms with Crippen LogP contribution in [0.15, 0.2) is 23.3 Å². The van der Waals surface area contributed by atoms with Crippen molar-refractivity contribution in [3.8, 4) is 11.5 Å². The average molecular weight is 404 g/mol. The van der Waals surface area contributed by atoms with E-state index in [-0.39, 0.29) is 11.5 Å². The molecule has 7 nitrogen and oxygen atoms in total. The third kappa shape index (κ3) is 5.49. The maximum absolute atomic E-state index is 12.8. The number of aryl methyl sites for hydroxylation is 1. The van der Waals surface area contributed by atoms with E-state index < -0.39 is 0 Å². The van der Waals surface area contributed by atoms with Crippen LogP contribution in [-0.4, -0.2) is 47.7 Å². The summed E-state index contributed by atoms with van der Waals surface area (Å²) in [5, 5.41) is 0.473. The molecule has 0 N–H and O–H groups in total. The second-order valence-corrected chi connectivity index (χ2v) is 7.19. The summed E-state index contributed by atoms with van der Waals surface area (Å²) in [6, 6.07) is 3.35. The molecule has 0 spiro atoms. The van der Waals surface area contributed by atoms with E-state index in [0.717, 1.165) is 19.4 Å². The number of ether oxygens (including phenoxy) is 2. The number of carbonyl (C=O) groups excluding carboxylic acids is 1. The molecule has 0 bridgehead atoms. The van der Waals surface area contributed by atoms with E-state index >= 15 is 0 Å². The number of amides is 1. The predicted octanol–water partition coefficient (Wildman–Crippen LogP) is 3.48. The molecule has 0 aliphatic carbocycles. The zero-order valence-corrected chi connectivity index (χ0v) is 18.2. The molecule has 0 aliphatic rings. The molecule has 0 radical (unpaired) electrons. The molecule has 2 aromatic rings. The third-order valence-corrected chi connectivity index (χ3v) is 5.49. The molecule has 29 heavy (non-hydrogen) atoms. The molecule has 2 rings (SSSR count). The van der Waals surface area contributed by atoms with Crippen molar-refractivity contribution in [1.82, 2.24) is 14.5 Å². The Kier molecular flexibility index (Phi) is 8.49. The molecule has 1 aromatic heterocycles. The Morgan fingerprint density at radius 2 is 1.79 bits per heavy atom. The lowest BCUT2D eigenvalue weighted by atomic mass is 10.0. The highest BCUT2D eigenvalue weighted by Gasteiger charge is 2.16. The minimum atomic E-state index is -0.146. The van der Waals surface area contributed by atoms with E-state index in [4.69, 9.17) is 9.47 Å². The van der Waals surface area contributed by atoms with Crippen LogP contribution in [0.1, 0.15) is 46.5 Å². The number of fused-ring (bicyclic) bond motifs is 1. The monoisotopic (exact) mass is 403 g/mol. The van der Waals surface area contributed by atoms with Gasteiger partial charge in [0, 0.05) is 32.1 Å². The van der Waals surface area contributed by atoms with Gasteiger partial charge in [-0.1, -0.05) is 26.7 Å². The van der Waals surface area contributed by atoms with Gasteiger partial charge in [-0.25, -0.2) is 4.98 Å². The summed E-state index contributed by atoms with van der Waals surface area (Å²) < 4.78 is 12.1. The van der Waals surface area contributed by atoms with E-state index in [1.165, 1.54) is 13.4 Å². The number of benzene rings is 1. The van der Waals surface area contributed by atoms with Gasteiger partial charge in [-0.2, -0.15) is 0 Å². The molecule has 0 atom stereocenters. The fourth-order valence-electron chi connectivity index (χ4n) is 3.47. The molecule has 1 amide bonds. The van der Waals surface area contributed by atoms with E-state index in [9.17, 15) is 9.59 Å². The summed E-state index contributed by atoms with van der Waals surface area (Å²) in [5.41, 5.74) is 0.412. The van der Waals surface area contributed by atoms with Crippen LogP contribution in [0.4, 0.5) is 0 Å². The Bertz CT molecular complexity index is 874. The largest absolute Gasteiger partial charge is 0.493 e. The lowest BCUT2D eigenvalue weighted by Gasteiger charge is -2.25. The van der Waals surface area contributed by atoms with Crippen LogP contribution in [0.2, 0.25) is 0 Å². The topological polar surface area (TPSA) is 73.7 Å². The standard InChI is InChI=1S/C22H33N3O4/c1-6-16(7-2)14-24(8-3)21(26)10-9-11-25-15-23-18-13-20(29-5)19(28-4)12-17(18)22(25)27/h12-13,15-16H,6-11,14H2,1-5H3. The summed E-state index contributed by atoms with van der Waals surface area (Å²) >= 11 is 0. The molecule has 0 saturated carbocycles. The number of methoxy groups -OCH3 is 2. The number of aromatic nitrogens is 2. The van der Waals surface area contributed by atoms with Crippen LogP contribution >= 0.6 is 0 Å². The van der Waals surface area contributed by atoms with Gasteiger partial charge in [0.05, 0.1) is 31.4 Å². The maximum Gasteiger partial charge on any atom is 0.261 e. The van der Waals surface area contributed by atoms with Gasteiger partial charge < -0.3 is 14.4 Å². The molecular formula is C22H33N3O4. The molecule has 1 heterocycles. The second kappa shape index (κ2) is 10.8. The first-order chi connectivity index (χ1) is 14.0. The van der Waals surface area contributed by atoms with E-state index in [1.54, 1.807) is 23.8 Å². The average Bonchev–Trinajstić information content (AvgIpc) is 2.75. The number of carbonyl (C=O) groups is 1. The van der Waals surface area contributed by atoms with Crippen molar-refractivity contribution in [2.24, 2.45) is 5.92 Å². The first-order valence-electron chi connectivity index (χ1n) is 10.4. The molecule has 1 aromatic carbocycles. The van der Waals surface area contributed by atoms with Crippen molar-refractivity contribution in [1.29, 1.82) is 0 Å². The minimum absolute atomic E-state index is 0.146. The van der Waals surface area contributed by atoms with Gasteiger partial charge in [0.25, 0.3) is 5.56 Å². The van der Waals surface area contributed by atoms with Crippen molar-refractivity contribution in [3.63, 3.8) is 0 Å². The van der Waals surface area contributed by atoms with Crippen LogP contribution in [-0.2, 0) is 11.3 Å². The lowest BCUT2D eigenvalue weighted by Crippen LogP contribution is -2.35. The SMILES string of the molecule is CCC(CC)CN(CC)C(=O)CCCn1cnc2cc(OC)c(OC)cc2c1=O. The van der Waals surface area contributed by atoms with E-state index in [1.807, 2.05) is 11.8 Å². The Morgan fingerprint density at radius 3 is 2.38 bits per heavy atom. The Hall–Kier alpha value is -2.57. The fourth-order valence-corrected chi connectivity index (χ4v) is 3.47. The highest BCUT2D eigenvalue weighted by molar-refractivity contribution is 5.81. The Balaban J connectivity index is 2.07. The Morgan fingerprint density at radius 1 is 1.14 bits per heavy atom. The highest BCUT2D eigenvalue weighted by Crippen LogP contribution is 2.29. The predicted molar refractivity (Wildman–Crippen MR) is 115 cm³/mol. The van der Waals surface area contributed by atoms with Crippen LogP contribution in [0.3, 0.4) is 0 Å². The second-order valence-electron chi connectivity index (χ2n) is 7.19. The van der Waals surface area contributed by atoms with Gasteiger partial charge in [0.1, 0.15) is 0 Å². The minimum Gasteiger partial charge on any atom is -0.493 e. The molecule has 0 fully saturated rings. The summed E-state index contributed by atoms with van der Waals surface area (Å²) in [5.74, 6) is 1.71. The van der Waals surface area contributed by atoms with E-state index in [2.05, 4.69) is 18.8 Å². The summed E-state index contributed by atoms with van der Waals surface area (Å²) in [7, 11) is 3.08. The first kappa shape index (κ1) is 22.7. The van der Waals surface area contributed by atoms with Crippen LogP contribution < -0.4 is 15.0 Å². The van der Waals surface area contributed by atoms with Crippen LogP contribution in [0.5, 0.6) is 11.5 Å². The van der Waals surface area contributed by atoms with Gasteiger partial charge in [0.15, 0.2) is 11.5 Å². The molecule has 7 heteroatoms. The van der Waals surface area contributed by atoms with Crippen molar-refractivity contribution in [3.05, 3.63) is 28.8 Å². The number of nitrogens with zero attached hydrogens (tertiary/aromatic N) is 3. The summed E-state index contributed by atoms with van der Waals surface area (Å²) in [4.78, 5) is 31.7. The smallest absolute Gasteiger partial charge is 0.261 e. The van der Waals surface area contributed by atoms with Crippen LogP contribution in [0, 0.1) is 5.92 Å². The molecule has 160 valence electrons. The highest BCUT2D eigenvalue weighted by atomic mass is 16.5. The summed E-state index contributed by atoms with van der Waals surface area (Å²) in [6.07, 6.45) is 4.70. The van der Waals surface area contributed by atoms with Gasteiger partial charge >= 0.3 is 0 Å². The maximum atomic E-state index is 12.8. The fraction of sp³-hybridized carbons (Fsp3) is 0.591. The third-order valence-electron chi connectivity index (χ3n) is 5.49. The van der Waals surface area contributed by atoms with Gasteiger partial charge in [0.2, 0.25) is 5.91 Å². The number of hydrogen-bond acceptors (Lipinski definition) is 5. The van der Waals surface area contributed by atoms with Crippen LogP contribution in [0.25, 0.3) is 10.9 Å². The molecule has 0 unspecified atom stereocenters. The van der Waals surface area contributed by atoms with Gasteiger partial charge in [-0.05, 0) is 25.3 Å². The van der Waals surface area contributed by atoms with Crippen molar-refractivity contribution < 1.29 is 14.3 Å². The van der Waals surface area contributed by atoms with Gasteiger partial charge in [-0.15, -0.1) is 0 Å². The van der Waals surface area contributed by atoms with E-state index in [0.29, 0.717) is 54.3 Å².